The SMILES string of the molecule is c1cn2c(n1)CCC(NCc1cnc(C3CCC3)s1)C2. The van der Waals surface area contributed by atoms with Gasteiger partial charge in [0, 0.05) is 54.9 Å². The van der Waals surface area contributed by atoms with Crippen LogP contribution in [0.2, 0.25) is 0 Å². The minimum Gasteiger partial charge on any atom is -0.333 e. The molecule has 1 fully saturated rings. The number of imidazole rings is 1. The van der Waals surface area contributed by atoms with Gasteiger partial charge >= 0.3 is 0 Å². The highest BCUT2D eigenvalue weighted by atomic mass is 32.1. The third-order valence-corrected chi connectivity index (χ3v) is 5.69. The predicted molar refractivity (Wildman–Crippen MR) is 79.9 cm³/mol. The molecule has 0 radical (unpaired) electrons. The third kappa shape index (κ3) is 2.40. The number of rotatable bonds is 4. The fourth-order valence-corrected chi connectivity index (χ4v) is 4.06. The molecular formula is C15H20N4S. The fourth-order valence-electron chi connectivity index (χ4n) is 3.03. The minimum atomic E-state index is 0.561. The average Bonchev–Trinajstić information content (AvgIpc) is 3.02. The largest absolute Gasteiger partial charge is 0.333 e. The van der Waals surface area contributed by atoms with Crippen molar-refractivity contribution < 1.29 is 0 Å². The van der Waals surface area contributed by atoms with E-state index in [4.69, 9.17) is 0 Å². The van der Waals surface area contributed by atoms with Crippen molar-refractivity contribution in [1.82, 2.24) is 19.9 Å². The van der Waals surface area contributed by atoms with E-state index < -0.39 is 0 Å². The van der Waals surface area contributed by atoms with Gasteiger partial charge in [0.25, 0.3) is 0 Å². The Morgan fingerprint density at radius 3 is 3.10 bits per heavy atom. The maximum absolute atomic E-state index is 4.59. The van der Waals surface area contributed by atoms with Gasteiger partial charge in [-0.3, -0.25) is 0 Å². The Morgan fingerprint density at radius 2 is 2.25 bits per heavy atom. The van der Waals surface area contributed by atoms with Crippen molar-refractivity contribution in [3.8, 4) is 0 Å². The summed E-state index contributed by atoms with van der Waals surface area (Å²) < 4.78 is 2.27. The second-order valence-corrected chi connectivity index (χ2v) is 7.05. The lowest BCUT2D eigenvalue weighted by atomic mass is 9.86. The molecule has 1 unspecified atom stereocenters. The molecule has 0 bridgehead atoms. The van der Waals surface area contributed by atoms with Crippen molar-refractivity contribution in [2.45, 2.75) is 57.2 Å². The number of hydrogen-bond donors (Lipinski definition) is 1. The van der Waals surface area contributed by atoms with E-state index in [1.165, 1.54) is 41.4 Å². The Bertz CT molecular complexity index is 584. The first-order valence-corrected chi connectivity index (χ1v) is 8.38. The van der Waals surface area contributed by atoms with Gasteiger partial charge in [0.15, 0.2) is 0 Å². The first-order valence-electron chi connectivity index (χ1n) is 7.56. The van der Waals surface area contributed by atoms with E-state index >= 15 is 0 Å². The van der Waals surface area contributed by atoms with Gasteiger partial charge in [-0.05, 0) is 19.3 Å². The van der Waals surface area contributed by atoms with E-state index in [0.717, 1.165) is 25.4 Å². The Hall–Kier alpha value is -1.20. The smallest absolute Gasteiger partial charge is 0.108 e. The van der Waals surface area contributed by atoms with E-state index in [9.17, 15) is 0 Å². The number of thiazole rings is 1. The van der Waals surface area contributed by atoms with E-state index in [0.29, 0.717) is 6.04 Å². The van der Waals surface area contributed by atoms with Gasteiger partial charge in [0.2, 0.25) is 0 Å². The quantitative estimate of drug-likeness (QED) is 0.940. The van der Waals surface area contributed by atoms with Crippen molar-refractivity contribution in [2.24, 2.45) is 0 Å². The summed E-state index contributed by atoms with van der Waals surface area (Å²) in [5, 5.41) is 5.03. The van der Waals surface area contributed by atoms with E-state index in [1.807, 2.05) is 17.5 Å². The van der Waals surface area contributed by atoms with Crippen molar-refractivity contribution >= 4 is 11.3 Å². The first-order chi connectivity index (χ1) is 9.88. The maximum atomic E-state index is 4.59. The van der Waals surface area contributed by atoms with Crippen LogP contribution in [0.1, 0.15) is 47.3 Å². The highest BCUT2D eigenvalue weighted by Gasteiger charge is 2.23. The summed E-state index contributed by atoms with van der Waals surface area (Å²) in [5.41, 5.74) is 0. The zero-order valence-electron chi connectivity index (χ0n) is 11.6. The van der Waals surface area contributed by atoms with Crippen molar-refractivity contribution in [3.05, 3.63) is 34.3 Å². The topological polar surface area (TPSA) is 42.7 Å². The van der Waals surface area contributed by atoms with Crippen LogP contribution < -0.4 is 5.32 Å². The number of nitrogens with zero attached hydrogens (tertiary/aromatic N) is 3. The van der Waals surface area contributed by atoms with Crippen LogP contribution in [0.25, 0.3) is 0 Å². The van der Waals surface area contributed by atoms with Gasteiger partial charge in [-0.15, -0.1) is 11.3 Å². The lowest BCUT2D eigenvalue weighted by Crippen LogP contribution is -2.36. The molecule has 0 saturated heterocycles. The molecule has 4 rings (SSSR count). The molecular weight excluding hydrogens is 268 g/mol. The van der Waals surface area contributed by atoms with Gasteiger partial charge in [-0.1, -0.05) is 6.42 Å². The van der Waals surface area contributed by atoms with E-state index in [1.54, 1.807) is 0 Å². The van der Waals surface area contributed by atoms with Crippen LogP contribution in [0.5, 0.6) is 0 Å². The molecule has 1 saturated carbocycles. The monoisotopic (exact) mass is 288 g/mol. The summed E-state index contributed by atoms with van der Waals surface area (Å²) in [6.07, 6.45) is 12.4. The summed E-state index contributed by atoms with van der Waals surface area (Å²) in [5.74, 6) is 1.99. The molecule has 3 heterocycles. The van der Waals surface area contributed by atoms with Crippen LogP contribution in [0.3, 0.4) is 0 Å². The molecule has 4 nitrogen and oxygen atoms in total. The Balaban J connectivity index is 1.33. The van der Waals surface area contributed by atoms with Gasteiger partial charge in [-0.25, -0.2) is 9.97 Å². The number of fused-ring (bicyclic) bond motifs is 1. The lowest BCUT2D eigenvalue weighted by Gasteiger charge is -2.24. The zero-order valence-corrected chi connectivity index (χ0v) is 12.4. The summed E-state index contributed by atoms with van der Waals surface area (Å²) in [7, 11) is 0. The molecule has 2 aliphatic rings. The van der Waals surface area contributed by atoms with Crippen LogP contribution >= 0.6 is 11.3 Å². The summed E-state index contributed by atoms with van der Waals surface area (Å²) >= 11 is 1.90. The molecule has 0 amide bonds. The second-order valence-electron chi connectivity index (χ2n) is 5.90. The Kier molecular flexibility index (Phi) is 3.32. The molecule has 1 atom stereocenters. The normalized spacial score (nSPS) is 22.5. The Morgan fingerprint density at radius 1 is 1.30 bits per heavy atom. The van der Waals surface area contributed by atoms with Crippen LogP contribution in [-0.2, 0) is 19.5 Å². The zero-order chi connectivity index (χ0) is 13.4. The van der Waals surface area contributed by atoms with Crippen molar-refractivity contribution in [3.63, 3.8) is 0 Å². The molecule has 1 aliphatic heterocycles. The number of aromatic nitrogens is 3. The molecule has 1 N–H and O–H groups in total. The molecule has 106 valence electrons. The molecule has 0 aromatic carbocycles. The Labute approximate surface area is 123 Å². The number of hydrogen-bond acceptors (Lipinski definition) is 4. The summed E-state index contributed by atoms with van der Waals surface area (Å²) in [6, 6.07) is 0.561. The second kappa shape index (κ2) is 5.30. The highest BCUT2D eigenvalue weighted by molar-refractivity contribution is 7.11. The first kappa shape index (κ1) is 12.5. The average molecular weight is 288 g/mol. The number of nitrogens with one attached hydrogen (secondary N) is 1. The molecule has 5 heteroatoms. The molecule has 0 spiro atoms. The van der Waals surface area contributed by atoms with Crippen LogP contribution in [-0.4, -0.2) is 20.6 Å². The summed E-state index contributed by atoms with van der Waals surface area (Å²) in [6.45, 7) is 2.00. The van der Waals surface area contributed by atoms with Crippen LogP contribution in [0, 0.1) is 0 Å². The lowest BCUT2D eigenvalue weighted by molar-refractivity contribution is 0.380. The van der Waals surface area contributed by atoms with E-state index in [2.05, 4.69) is 32.2 Å². The predicted octanol–water partition coefficient (Wildman–Crippen LogP) is 2.71. The van der Waals surface area contributed by atoms with E-state index in [-0.39, 0.29) is 0 Å². The fraction of sp³-hybridized carbons (Fsp3) is 0.600. The standard InChI is InChI=1S/C15H20N4S/c1-2-11(3-1)15-18-9-13(20-15)8-17-12-4-5-14-16-6-7-19(14)10-12/h6-7,9,11-12,17H,1-5,8,10H2. The minimum absolute atomic E-state index is 0.561. The maximum Gasteiger partial charge on any atom is 0.108 e. The molecule has 2 aromatic heterocycles. The number of aryl methyl sites for hydroxylation is 1. The van der Waals surface area contributed by atoms with Gasteiger partial charge in [0.05, 0.1) is 5.01 Å². The van der Waals surface area contributed by atoms with Crippen LogP contribution in [0.15, 0.2) is 18.6 Å². The molecule has 2 aromatic rings. The summed E-state index contributed by atoms with van der Waals surface area (Å²) in [4.78, 5) is 10.3. The molecule has 20 heavy (non-hydrogen) atoms. The van der Waals surface area contributed by atoms with Gasteiger partial charge < -0.3 is 9.88 Å². The van der Waals surface area contributed by atoms with Gasteiger partial charge in [-0.2, -0.15) is 0 Å². The van der Waals surface area contributed by atoms with Gasteiger partial charge in [0.1, 0.15) is 5.82 Å². The van der Waals surface area contributed by atoms with Crippen molar-refractivity contribution in [2.75, 3.05) is 0 Å². The molecule has 1 aliphatic carbocycles. The third-order valence-electron chi connectivity index (χ3n) is 4.53. The highest BCUT2D eigenvalue weighted by Crippen LogP contribution is 2.38. The van der Waals surface area contributed by atoms with Crippen molar-refractivity contribution in [1.29, 1.82) is 0 Å². The van der Waals surface area contributed by atoms with Crippen LogP contribution in [0.4, 0.5) is 0 Å².